The second-order valence-electron chi connectivity index (χ2n) is 3.56. The summed E-state index contributed by atoms with van der Waals surface area (Å²) in [7, 11) is 0. The fourth-order valence-corrected chi connectivity index (χ4v) is 2.42. The van der Waals surface area contributed by atoms with Crippen LogP contribution in [-0.2, 0) is 6.54 Å². The first-order valence-electron chi connectivity index (χ1n) is 4.83. The van der Waals surface area contributed by atoms with E-state index in [1.807, 2.05) is 0 Å². The van der Waals surface area contributed by atoms with Gasteiger partial charge in [-0.05, 0) is 39.7 Å². The van der Waals surface area contributed by atoms with Crippen molar-refractivity contribution in [1.82, 2.24) is 9.55 Å². The standard InChI is InChI=1S/C11H6Br2ClFN2O/c12-7-1-6(2-8(15)3-7)4-17-5-16-10(14)9(13)11(17)18/h1-3,5H,4H2. The van der Waals surface area contributed by atoms with Crippen LogP contribution in [0.1, 0.15) is 5.56 Å². The van der Waals surface area contributed by atoms with Crippen molar-refractivity contribution in [1.29, 1.82) is 0 Å². The quantitative estimate of drug-likeness (QED) is 0.727. The maximum Gasteiger partial charge on any atom is 0.269 e. The molecule has 0 spiro atoms. The Kier molecular flexibility index (Phi) is 4.19. The largest absolute Gasteiger partial charge is 0.294 e. The molecule has 3 nitrogen and oxygen atoms in total. The van der Waals surface area contributed by atoms with Crippen LogP contribution in [0.2, 0.25) is 5.15 Å². The Morgan fingerprint density at radius 1 is 1.33 bits per heavy atom. The summed E-state index contributed by atoms with van der Waals surface area (Å²) in [6, 6.07) is 4.44. The molecule has 0 saturated carbocycles. The second kappa shape index (κ2) is 5.50. The molecule has 0 bridgehead atoms. The van der Waals surface area contributed by atoms with E-state index in [9.17, 15) is 9.18 Å². The number of aromatic nitrogens is 2. The van der Waals surface area contributed by atoms with Crippen molar-refractivity contribution in [3.8, 4) is 0 Å². The summed E-state index contributed by atoms with van der Waals surface area (Å²) in [5, 5.41) is 0.108. The summed E-state index contributed by atoms with van der Waals surface area (Å²) in [5.41, 5.74) is 0.343. The lowest BCUT2D eigenvalue weighted by Crippen LogP contribution is -2.22. The van der Waals surface area contributed by atoms with E-state index in [0.717, 1.165) is 0 Å². The van der Waals surface area contributed by atoms with Crippen LogP contribution in [0, 0.1) is 5.82 Å². The van der Waals surface area contributed by atoms with Crippen molar-refractivity contribution in [2.45, 2.75) is 6.54 Å². The van der Waals surface area contributed by atoms with Crippen molar-refractivity contribution in [3.63, 3.8) is 0 Å². The maximum absolute atomic E-state index is 13.2. The third kappa shape index (κ3) is 2.99. The van der Waals surface area contributed by atoms with E-state index < -0.39 is 0 Å². The van der Waals surface area contributed by atoms with Gasteiger partial charge in [0, 0.05) is 4.47 Å². The molecule has 1 heterocycles. The molecule has 1 aromatic heterocycles. The lowest BCUT2D eigenvalue weighted by atomic mass is 10.2. The molecule has 0 fully saturated rings. The van der Waals surface area contributed by atoms with Crippen molar-refractivity contribution >= 4 is 43.5 Å². The van der Waals surface area contributed by atoms with Crippen LogP contribution in [0.25, 0.3) is 0 Å². The van der Waals surface area contributed by atoms with E-state index in [2.05, 4.69) is 36.8 Å². The second-order valence-corrected chi connectivity index (χ2v) is 5.63. The number of hydrogen-bond acceptors (Lipinski definition) is 2. The molecular weight excluding hydrogens is 390 g/mol. The Labute approximate surface area is 124 Å². The Balaban J connectivity index is 2.40. The van der Waals surface area contributed by atoms with Gasteiger partial charge in [-0.25, -0.2) is 9.37 Å². The van der Waals surface area contributed by atoms with Crippen LogP contribution < -0.4 is 5.56 Å². The van der Waals surface area contributed by atoms with Crippen molar-refractivity contribution in [3.05, 3.63) is 60.4 Å². The average molecular weight is 396 g/mol. The van der Waals surface area contributed by atoms with Crippen LogP contribution in [0.15, 0.2) is 38.3 Å². The maximum atomic E-state index is 13.2. The molecular formula is C11H6Br2ClFN2O. The molecule has 2 rings (SSSR count). The Morgan fingerprint density at radius 2 is 2.06 bits per heavy atom. The monoisotopic (exact) mass is 394 g/mol. The predicted octanol–water partition coefficient (Wildman–Crippen LogP) is 3.61. The number of hydrogen-bond donors (Lipinski definition) is 0. The first-order valence-corrected chi connectivity index (χ1v) is 6.79. The van der Waals surface area contributed by atoms with Crippen molar-refractivity contribution in [2.75, 3.05) is 0 Å². The van der Waals surface area contributed by atoms with E-state index >= 15 is 0 Å². The highest BCUT2D eigenvalue weighted by molar-refractivity contribution is 9.10. The molecule has 0 aliphatic heterocycles. The average Bonchev–Trinajstić information content (AvgIpc) is 2.29. The third-order valence-electron chi connectivity index (χ3n) is 2.22. The summed E-state index contributed by atoms with van der Waals surface area (Å²) in [5.74, 6) is -0.367. The zero-order chi connectivity index (χ0) is 13.3. The van der Waals surface area contributed by atoms with Gasteiger partial charge in [-0.1, -0.05) is 27.5 Å². The molecule has 94 valence electrons. The summed E-state index contributed by atoms with van der Waals surface area (Å²) >= 11 is 12.0. The molecule has 0 amide bonds. The molecule has 2 aromatic rings. The molecule has 0 atom stereocenters. The van der Waals surface area contributed by atoms with Crippen LogP contribution in [0.5, 0.6) is 0 Å². The number of halogens is 4. The molecule has 0 unspecified atom stereocenters. The minimum atomic E-state index is -0.367. The van der Waals surface area contributed by atoms with Gasteiger partial charge in [0.25, 0.3) is 5.56 Å². The normalized spacial score (nSPS) is 10.7. The van der Waals surface area contributed by atoms with Gasteiger partial charge in [-0.2, -0.15) is 0 Å². The zero-order valence-electron chi connectivity index (χ0n) is 8.83. The Hall–Kier alpha value is -0.720. The van der Waals surface area contributed by atoms with Crippen LogP contribution in [0.3, 0.4) is 0 Å². The van der Waals surface area contributed by atoms with Gasteiger partial charge in [0.05, 0.1) is 12.9 Å². The summed E-state index contributed by atoms with van der Waals surface area (Å²) in [6.07, 6.45) is 1.33. The fourth-order valence-electron chi connectivity index (χ4n) is 1.46. The minimum absolute atomic E-state index is 0.108. The van der Waals surface area contributed by atoms with Crippen LogP contribution >= 0.6 is 43.5 Å². The highest BCUT2D eigenvalue weighted by Crippen LogP contribution is 2.17. The summed E-state index contributed by atoms with van der Waals surface area (Å²) in [6.45, 7) is 0.220. The third-order valence-corrected chi connectivity index (χ3v) is 3.90. The van der Waals surface area contributed by atoms with Gasteiger partial charge in [-0.3, -0.25) is 9.36 Å². The van der Waals surface area contributed by atoms with Crippen molar-refractivity contribution in [2.24, 2.45) is 0 Å². The van der Waals surface area contributed by atoms with E-state index in [0.29, 0.717) is 10.0 Å². The van der Waals surface area contributed by atoms with E-state index in [1.165, 1.54) is 23.0 Å². The predicted molar refractivity (Wildman–Crippen MR) is 74.4 cm³/mol. The number of benzene rings is 1. The van der Waals surface area contributed by atoms with Gasteiger partial charge in [0.1, 0.15) is 10.3 Å². The van der Waals surface area contributed by atoms with E-state index in [4.69, 9.17) is 11.6 Å². The van der Waals surface area contributed by atoms with Gasteiger partial charge in [0.2, 0.25) is 0 Å². The van der Waals surface area contributed by atoms with Gasteiger partial charge in [0.15, 0.2) is 5.15 Å². The molecule has 7 heteroatoms. The summed E-state index contributed by atoms with van der Waals surface area (Å²) < 4.78 is 15.4. The minimum Gasteiger partial charge on any atom is -0.294 e. The van der Waals surface area contributed by atoms with E-state index in [-0.39, 0.29) is 27.5 Å². The molecule has 1 aromatic carbocycles. The number of rotatable bonds is 2. The zero-order valence-corrected chi connectivity index (χ0v) is 12.8. The highest BCUT2D eigenvalue weighted by atomic mass is 79.9. The molecule has 18 heavy (non-hydrogen) atoms. The summed E-state index contributed by atoms with van der Waals surface area (Å²) in [4.78, 5) is 15.7. The molecule has 0 saturated heterocycles. The molecule has 0 aliphatic carbocycles. The first kappa shape index (κ1) is 13.7. The Bertz CT molecular complexity index is 640. The highest BCUT2D eigenvalue weighted by Gasteiger charge is 2.08. The fraction of sp³-hybridized carbons (Fsp3) is 0.0909. The van der Waals surface area contributed by atoms with Crippen LogP contribution in [-0.4, -0.2) is 9.55 Å². The van der Waals surface area contributed by atoms with Gasteiger partial charge in [-0.15, -0.1) is 0 Å². The number of nitrogens with zero attached hydrogens (tertiary/aromatic N) is 2. The topological polar surface area (TPSA) is 34.9 Å². The smallest absolute Gasteiger partial charge is 0.269 e. The van der Waals surface area contributed by atoms with Gasteiger partial charge < -0.3 is 0 Å². The SMILES string of the molecule is O=c1c(Br)c(Cl)ncn1Cc1cc(F)cc(Br)c1. The Morgan fingerprint density at radius 3 is 2.72 bits per heavy atom. The van der Waals surface area contributed by atoms with Crippen LogP contribution in [0.4, 0.5) is 4.39 Å². The molecule has 0 radical (unpaired) electrons. The lowest BCUT2D eigenvalue weighted by Gasteiger charge is -2.07. The first-order chi connectivity index (χ1) is 8.47. The van der Waals surface area contributed by atoms with Gasteiger partial charge >= 0.3 is 0 Å². The lowest BCUT2D eigenvalue weighted by molar-refractivity contribution is 0.621. The molecule has 0 N–H and O–H groups in total. The van der Waals surface area contributed by atoms with Crippen molar-refractivity contribution < 1.29 is 4.39 Å². The van der Waals surface area contributed by atoms with E-state index in [1.54, 1.807) is 6.07 Å². The molecule has 0 aliphatic rings.